The van der Waals surface area contributed by atoms with Crippen LogP contribution in [-0.4, -0.2) is 37.2 Å². The molecule has 0 bridgehead atoms. The number of carbonyl (C=O) groups is 3. The van der Waals surface area contributed by atoms with Crippen LogP contribution in [0.5, 0.6) is 0 Å². The van der Waals surface area contributed by atoms with Gasteiger partial charge < -0.3 is 14.2 Å². The number of esters is 3. The third-order valence-electron chi connectivity index (χ3n) is 14.5. The summed E-state index contributed by atoms with van der Waals surface area (Å²) in [5.41, 5.74) is 0. The molecule has 0 rings (SSSR count). The third-order valence-corrected chi connectivity index (χ3v) is 14.5. The van der Waals surface area contributed by atoms with Crippen molar-refractivity contribution in [1.29, 1.82) is 0 Å². The Balaban J connectivity index is 4.23. The van der Waals surface area contributed by atoms with Crippen LogP contribution >= 0.6 is 0 Å². The monoisotopic (exact) mass is 1110 g/mol. The van der Waals surface area contributed by atoms with E-state index in [1.54, 1.807) is 0 Å². The predicted molar refractivity (Wildman–Crippen MR) is 348 cm³/mol. The van der Waals surface area contributed by atoms with Crippen molar-refractivity contribution in [2.75, 3.05) is 13.2 Å². The van der Waals surface area contributed by atoms with Gasteiger partial charge in [0, 0.05) is 19.3 Å². The van der Waals surface area contributed by atoms with Crippen molar-refractivity contribution in [2.45, 2.75) is 329 Å². The summed E-state index contributed by atoms with van der Waals surface area (Å²) in [4.78, 5) is 38.3. The first-order chi connectivity index (χ1) is 39.5. The summed E-state index contributed by atoms with van der Waals surface area (Å²) in [6.45, 7) is 6.40. The molecular formula is C74H126O6. The maximum atomic E-state index is 12.9. The summed E-state index contributed by atoms with van der Waals surface area (Å²) in [6, 6.07) is 0. The first-order valence-electron chi connectivity index (χ1n) is 33.9. The Kier molecular flexibility index (Phi) is 64.3. The van der Waals surface area contributed by atoms with Crippen molar-refractivity contribution in [1.82, 2.24) is 0 Å². The van der Waals surface area contributed by atoms with E-state index in [4.69, 9.17) is 14.2 Å². The van der Waals surface area contributed by atoms with Gasteiger partial charge in [-0.2, -0.15) is 0 Å². The van der Waals surface area contributed by atoms with Gasteiger partial charge in [0.05, 0.1) is 0 Å². The number of allylic oxidation sites excluding steroid dienone is 18. The highest BCUT2D eigenvalue weighted by Gasteiger charge is 2.19. The second kappa shape index (κ2) is 67.6. The molecule has 458 valence electrons. The zero-order valence-corrected chi connectivity index (χ0v) is 52.6. The lowest BCUT2D eigenvalue weighted by Crippen LogP contribution is -2.30. The van der Waals surface area contributed by atoms with E-state index in [0.717, 1.165) is 148 Å². The molecule has 0 N–H and O–H groups in total. The van der Waals surface area contributed by atoms with Crippen molar-refractivity contribution in [3.05, 3.63) is 109 Å². The zero-order chi connectivity index (χ0) is 57.8. The second-order valence-electron chi connectivity index (χ2n) is 22.3. The summed E-state index contributed by atoms with van der Waals surface area (Å²) in [5.74, 6) is -0.908. The molecule has 0 aliphatic carbocycles. The van der Waals surface area contributed by atoms with E-state index in [9.17, 15) is 14.4 Å². The van der Waals surface area contributed by atoms with Crippen molar-refractivity contribution < 1.29 is 28.6 Å². The van der Waals surface area contributed by atoms with Gasteiger partial charge in [0.25, 0.3) is 0 Å². The maximum Gasteiger partial charge on any atom is 0.306 e. The molecule has 0 aromatic carbocycles. The highest BCUT2D eigenvalue weighted by Crippen LogP contribution is 2.17. The fourth-order valence-electron chi connectivity index (χ4n) is 9.48. The zero-order valence-electron chi connectivity index (χ0n) is 52.6. The van der Waals surface area contributed by atoms with Crippen molar-refractivity contribution >= 4 is 17.9 Å². The summed E-state index contributed by atoms with van der Waals surface area (Å²) in [6.07, 6.45) is 92.6. The Bertz CT molecular complexity index is 1610. The fraction of sp³-hybridized carbons (Fsp3) is 0.716. The molecule has 0 radical (unpaired) electrons. The minimum Gasteiger partial charge on any atom is -0.462 e. The SMILES string of the molecule is CC/C=C\C/C=C\C/C=C\C/C=C\CCCCCCCCCCCCCCCCCCCCC(=O)OCC(COC(=O)CCCCCCC/C=C\C/C=C\C/C=C\CC)OC(=O)CCCCCCC/C=C\C/C=C\CCCCCC. The van der Waals surface area contributed by atoms with E-state index in [2.05, 4.69) is 130 Å². The third kappa shape index (κ3) is 64.9. The Labute approximate surface area is 495 Å². The van der Waals surface area contributed by atoms with Crippen LogP contribution in [0.15, 0.2) is 109 Å². The van der Waals surface area contributed by atoms with Crippen molar-refractivity contribution in [3.63, 3.8) is 0 Å². The fourth-order valence-corrected chi connectivity index (χ4v) is 9.48. The van der Waals surface area contributed by atoms with E-state index in [-0.39, 0.29) is 31.1 Å². The summed E-state index contributed by atoms with van der Waals surface area (Å²) in [5, 5.41) is 0. The largest absolute Gasteiger partial charge is 0.462 e. The highest BCUT2D eigenvalue weighted by molar-refractivity contribution is 5.71. The number of rotatable bonds is 61. The quantitative estimate of drug-likeness (QED) is 0.0261. The van der Waals surface area contributed by atoms with Gasteiger partial charge >= 0.3 is 17.9 Å². The first-order valence-corrected chi connectivity index (χ1v) is 33.9. The van der Waals surface area contributed by atoms with Crippen LogP contribution in [0.25, 0.3) is 0 Å². The standard InChI is InChI=1S/C74H126O6/c1-4-7-10-13-16-19-22-25-28-30-31-32-33-34-35-36-37-38-39-40-41-42-43-44-47-49-52-55-58-61-64-67-73(76)79-70-71(69-78-72(75)66-63-60-57-54-51-48-45-27-24-21-18-15-12-9-6-3)80-74(77)68-65-62-59-56-53-50-46-29-26-23-20-17-14-11-8-5-2/h7,9-10,12,16,18-21,23,25,27-29,31-32,45-46,71H,4-6,8,11,13-15,17,22,24,26,30,33-44,47-70H2,1-3H3/b10-7-,12-9-,19-16-,21-18-,23-20-,28-25-,32-31-,45-27-,46-29-. The van der Waals surface area contributed by atoms with Crippen LogP contribution in [0.4, 0.5) is 0 Å². The summed E-state index contributed by atoms with van der Waals surface area (Å²) < 4.78 is 16.9. The van der Waals surface area contributed by atoms with Crippen LogP contribution in [0.1, 0.15) is 323 Å². The smallest absolute Gasteiger partial charge is 0.306 e. The Morgan fingerprint density at radius 3 is 0.762 bits per heavy atom. The average molecular weight is 1110 g/mol. The minimum absolute atomic E-state index is 0.0875. The van der Waals surface area contributed by atoms with Gasteiger partial charge in [-0.3, -0.25) is 14.4 Å². The van der Waals surface area contributed by atoms with Crippen molar-refractivity contribution in [2.24, 2.45) is 0 Å². The molecule has 0 heterocycles. The van der Waals surface area contributed by atoms with E-state index in [1.807, 2.05) is 0 Å². The molecule has 0 aliphatic rings. The normalized spacial score (nSPS) is 12.8. The van der Waals surface area contributed by atoms with E-state index < -0.39 is 6.10 Å². The average Bonchev–Trinajstić information content (AvgIpc) is 3.46. The lowest BCUT2D eigenvalue weighted by molar-refractivity contribution is -0.167. The second-order valence-corrected chi connectivity index (χ2v) is 22.3. The van der Waals surface area contributed by atoms with Gasteiger partial charge in [0.2, 0.25) is 0 Å². The molecule has 1 unspecified atom stereocenters. The molecule has 0 amide bonds. The molecule has 0 aliphatic heterocycles. The molecule has 0 aromatic rings. The topological polar surface area (TPSA) is 78.9 Å². The van der Waals surface area contributed by atoms with Crippen LogP contribution in [0.3, 0.4) is 0 Å². The predicted octanol–water partition coefficient (Wildman–Crippen LogP) is 23.4. The van der Waals surface area contributed by atoms with Crippen LogP contribution in [0, 0.1) is 0 Å². The molecule has 0 fully saturated rings. The lowest BCUT2D eigenvalue weighted by atomic mass is 10.0. The van der Waals surface area contributed by atoms with E-state index in [1.165, 1.54) is 135 Å². The first kappa shape index (κ1) is 76.1. The van der Waals surface area contributed by atoms with Crippen LogP contribution in [0.2, 0.25) is 0 Å². The van der Waals surface area contributed by atoms with Crippen LogP contribution in [-0.2, 0) is 28.6 Å². The van der Waals surface area contributed by atoms with Gasteiger partial charge in [-0.15, -0.1) is 0 Å². The van der Waals surface area contributed by atoms with Gasteiger partial charge in [0.15, 0.2) is 6.10 Å². The van der Waals surface area contributed by atoms with Crippen LogP contribution < -0.4 is 0 Å². The molecule has 80 heavy (non-hydrogen) atoms. The van der Waals surface area contributed by atoms with Crippen molar-refractivity contribution in [3.8, 4) is 0 Å². The number of unbranched alkanes of at least 4 members (excludes halogenated alkanes) is 32. The number of ether oxygens (including phenoxy) is 3. The Morgan fingerprint density at radius 2 is 0.487 bits per heavy atom. The lowest BCUT2D eigenvalue weighted by Gasteiger charge is -2.18. The molecule has 6 heteroatoms. The maximum absolute atomic E-state index is 12.9. The molecular weight excluding hydrogens is 985 g/mol. The Morgan fingerprint density at radius 1 is 0.263 bits per heavy atom. The van der Waals surface area contributed by atoms with E-state index >= 15 is 0 Å². The number of hydrogen-bond acceptors (Lipinski definition) is 6. The summed E-state index contributed by atoms with van der Waals surface area (Å²) in [7, 11) is 0. The number of hydrogen-bond donors (Lipinski definition) is 0. The Hall–Kier alpha value is -3.93. The molecule has 0 saturated heterocycles. The minimum atomic E-state index is -0.794. The summed E-state index contributed by atoms with van der Waals surface area (Å²) >= 11 is 0. The highest BCUT2D eigenvalue weighted by atomic mass is 16.6. The van der Waals surface area contributed by atoms with Gasteiger partial charge in [-0.05, 0) is 122 Å². The van der Waals surface area contributed by atoms with Gasteiger partial charge in [0.1, 0.15) is 13.2 Å². The number of carbonyl (C=O) groups excluding carboxylic acids is 3. The molecule has 0 saturated carbocycles. The molecule has 6 nitrogen and oxygen atoms in total. The van der Waals surface area contributed by atoms with Gasteiger partial charge in [-0.1, -0.05) is 291 Å². The van der Waals surface area contributed by atoms with E-state index in [0.29, 0.717) is 19.3 Å². The molecule has 0 aromatic heterocycles. The molecule has 1 atom stereocenters. The van der Waals surface area contributed by atoms with Gasteiger partial charge in [-0.25, -0.2) is 0 Å². The molecule has 0 spiro atoms.